The number of anilines is 2. The van der Waals surface area contributed by atoms with E-state index >= 15 is 0 Å². The van der Waals surface area contributed by atoms with Crippen LogP contribution < -0.4 is 10.6 Å². The quantitative estimate of drug-likeness (QED) is 0.478. The van der Waals surface area contributed by atoms with Crippen molar-refractivity contribution in [2.24, 2.45) is 7.05 Å². The van der Waals surface area contributed by atoms with Crippen LogP contribution in [0.2, 0.25) is 0 Å². The molecule has 2 N–H and O–H groups in total. The van der Waals surface area contributed by atoms with E-state index < -0.39 is 0 Å². The Kier molecular flexibility index (Phi) is 5.85. The van der Waals surface area contributed by atoms with Crippen molar-refractivity contribution in [3.05, 3.63) is 60.8 Å². The van der Waals surface area contributed by atoms with Crippen LogP contribution in [0.25, 0.3) is 22.2 Å². The molecule has 4 rings (SSSR count). The average Bonchev–Trinajstić information content (AvgIpc) is 3.19. The van der Waals surface area contributed by atoms with Crippen LogP contribution in [-0.2, 0) is 7.05 Å². The molecule has 0 spiro atoms. The number of carbonyl (C=O) groups is 1. The van der Waals surface area contributed by atoms with Crippen molar-refractivity contribution in [2.45, 2.75) is 0 Å². The molecule has 1 amide bonds. The second-order valence-corrected chi connectivity index (χ2v) is 7.47. The summed E-state index contributed by atoms with van der Waals surface area (Å²) in [4.78, 5) is 27.7. The topological polar surface area (TPSA) is 101 Å². The van der Waals surface area contributed by atoms with Gasteiger partial charge in [-0.25, -0.2) is 9.97 Å². The second kappa shape index (κ2) is 8.88. The lowest BCUT2D eigenvalue weighted by atomic mass is 10.1. The van der Waals surface area contributed by atoms with Gasteiger partial charge < -0.3 is 15.5 Å². The molecule has 4 heterocycles. The fourth-order valence-electron chi connectivity index (χ4n) is 3.14. The summed E-state index contributed by atoms with van der Waals surface area (Å²) >= 11 is 0. The number of hydrogen-bond acceptors (Lipinski definition) is 7. The molecule has 0 aliphatic carbocycles. The van der Waals surface area contributed by atoms with Gasteiger partial charge in [0.1, 0.15) is 5.82 Å². The molecule has 0 aliphatic rings. The van der Waals surface area contributed by atoms with Crippen molar-refractivity contribution in [1.29, 1.82) is 0 Å². The Bertz CT molecular complexity index is 1200. The minimum absolute atomic E-state index is 0.247. The van der Waals surface area contributed by atoms with Gasteiger partial charge in [-0.3, -0.25) is 14.5 Å². The first-order valence-electron chi connectivity index (χ1n) is 9.89. The molecule has 0 aromatic carbocycles. The van der Waals surface area contributed by atoms with Crippen LogP contribution in [0.5, 0.6) is 0 Å². The normalized spacial score (nSPS) is 11.1. The highest BCUT2D eigenvalue weighted by Gasteiger charge is 2.13. The number of pyridine rings is 3. The predicted molar refractivity (Wildman–Crippen MR) is 121 cm³/mol. The highest BCUT2D eigenvalue weighted by molar-refractivity contribution is 6.04. The van der Waals surface area contributed by atoms with Gasteiger partial charge in [0.05, 0.1) is 23.1 Å². The Morgan fingerprint density at radius 3 is 2.68 bits per heavy atom. The van der Waals surface area contributed by atoms with Crippen molar-refractivity contribution >= 4 is 28.3 Å². The van der Waals surface area contributed by atoms with Crippen LogP contribution in [0.4, 0.5) is 11.5 Å². The van der Waals surface area contributed by atoms with Gasteiger partial charge in [-0.05, 0) is 32.3 Å². The van der Waals surface area contributed by atoms with Crippen LogP contribution in [-0.4, -0.2) is 62.7 Å². The number of rotatable bonds is 7. The van der Waals surface area contributed by atoms with Gasteiger partial charge in [0, 0.05) is 67.5 Å². The molecule has 4 aromatic rings. The Hall–Kier alpha value is -3.85. The van der Waals surface area contributed by atoms with Gasteiger partial charge in [0.25, 0.3) is 5.91 Å². The number of amides is 1. The Morgan fingerprint density at radius 2 is 1.97 bits per heavy atom. The maximum Gasteiger partial charge on any atom is 0.256 e. The van der Waals surface area contributed by atoms with E-state index in [1.54, 1.807) is 47.7 Å². The van der Waals surface area contributed by atoms with E-state index in [1.165, 1.54) is 0 Å². The van der Waals surface area contributed by atoms with Crippen molar-refractivity contribution in [3.8, 4) is 11.3 Å². The molecule has 0 aliphatic heterocycles. The third-order valence-corrected chi connectivity index (χ3v) is 4.74. The van der Waals surface area contributed by atoms with Crippen LogP contribution in [0.15, 0.2) is 55.2 Å². The van der Waals surface area contributed by atoms with Crippen molar-refractivity contribution in [3.63, 3.8) is 0 Å². The molecule has 0 unspecified atom stereocenters. The molecular weight excluding hydrogens is 392 g/mol. The van der Waals surface area contributed by atoms with Crippen molar-refractivity contribution in [1.82, 2.24) is 29.6 Å². The van der Waals surface area contributed by atoms with Crippen LogP contribution >= 0.6 is 0 Å². The number of nitrogens with one attached hydrogen (secondary N) is 2. The molecule has 0 radical (unpaired) electrons. The molecule has 0 saturated heterocycles. The zero-order valence-corrected chi connectivity index (χ0v) is 17.7. The van der Waals surface area contributed by atoms with Crippen molar-refractivity contribution < 1.29 is 4.79 Å². The third kappa shape index (κ3) is 4.84. The van der Waals surface area contributed by atoms with E-state index in [4.69, 9.17) is 4.98 Å². The van der Waals surface area contributed by atoms with Crippen LogP contribution in [0.3, 0.4) is 0 Å². The molecule has 0 fully saturated rings. The molecule has 0 atom stereocenters. The van der Waals surface area contributed by atoms with Gasteiger partial charge in [-0.15, -0.1) is 0 Å². The molecule has 9 nitrogen and oxygen atoms in total. The molecule has 0 bridgehead atoms. The highest BCUT2D eigenvalue weighted by Crippen LogP contribution is 2.30. The first-order chi connectivity index (χ1) is 15.0. The zero-order valence-electron chi connectivity index (χ0n) is 17.7. The monoisotopic (exact) mass is 416 g/mol. The fourth-order valence-corrected chi connectivity index (χ4v) is 3.14. The second-order valence-electron chi connectivity index (χ2n) is 7.47. The number of likely N-dealkylation sites (N-methyl/N-ethyl adjacent to an activating group) is 1. The standard InChI is InChI=1S/C22H24N8O/c1-29(2)9-8-24-19-10-16-12-25-20(28-22(31)15-4-6-23-7-5-15)11-18(16)27-21(19)17-13-26-30(3)14-17/h4-7,10-14,24H,8-9H2,1-3H3,(H,25,28,31). The highest BCUT2D eigenvalue weighted by atomic mass is 16.1. The van der Waals surface area contributed by atoms with Crippen LogP contribution in [0.1, 0.15) is 10.4 Å². The zero-order chi connectivity index (χ0) is 21.8. The maximum atomic E-state index is 12.4. The molecule has 158 valence electrons. The SMILES string of the molecule is CN(C)CCNc1cc2cnc(NC(=O)c3ccncc3)cc2nc1-c1cnn(C)c1. The number of hydrogen-bond donors (Lipinski definition) is 2. The lowest BCUT2D eigenvalue weighted by molar-refractivity contribution is 0.102. The Morgan fingerprint density at radius 1 is 1.16 bits per heavy atom. The van der Waals surface area contributed by atoms with Gasteiger partial charge >= 0.3 is 0 Å². The Balaban J connectivity index is 1.67. The van der Waals surface area contributed by atoms with Crippen molar-refractivity contribution in [2.75, 3.05) is 37.8 Å². The predicted octanol–water partition coefficient (Wildman–Crippen LogP) is 2.65. The van der Waals surface area contributed by atoms with Crippen LogP contribution in [0, 0.1) is 0 Å². The summed E-state index contributed by atoms with van der Waals surface area (Å²) in [7, 11) is 5.95. The minimum atomic E-state index is -0.247. The summed E-state index contributed by atoms with van der Waals surface area (Å²) in [5.74, 6) is 0.191. The molecular formula is C22H24N8O. The number of fused-ring (bicyclic) bond motifs is 1. The summed E-state index contributed by atoms with van der Waals surface area (Å²) in [5, 5.41) is 11.4. The number of nitrogens with zero attached hydrogens (tertiary/aromatic N) is 6. The third-order valence-electron chi connectivity index (χ3n) is 4.74. The Labute approximate surface area is 180 Å². The lowest BCUT2D eigenvalue weighted by Crippen LogP contribution is -2.21. The average molecular weight is 416 g/mol. The summed E-state index contributed by atoms with van der Waals surface area (Å²) in [6, 6.07) is 7.11. The van der Waals surface area contributed by atoms with Gasteiger partial charge in [-0.2, -0.15) is 5.10 Å². The molecule has 0 saturated carbocycles. The fraction of sp³-hybridized carbons (Fsp3) is 0.227. The minimum Gasteiger partial charge on any atom is -0.382 e. The smallest absolute Gasteiger partial charge is 0.256 e. The van der Waals surface area contributed by atoms with E-state index in [0.717, 1.165) is 40.9 Å². The van der Waals surface area contributed by atoms with E-state index in [-0.39, 0.29) is 5.91 Å². The van der Waals surface area contributed by atoms with E-state index in [1.807, 2.05) is 33.4 Å². The summed E-state index contributed by atoms with van der Waals surface area (Å²) in [6.07, 6.45) is 8.59. The van der Waals surface area contributed by atoms with Gasteiger partial charge in [0.2, 0.25) is 0 Å². The largest absolute Gasteiger partial charge is 0.382 e. The number of aryl methyl sites for hydroxylation is 1. The van der Waals surface area contributed by atoms with E-state index in [9.17, 15) is 4.79 Å². The number of carbonyl (C=O) groups excluding carboxylic acids is 1. The van der Waals surface area contributed by atoms with Gasteiger partial charge in [0.15, 0.2) is 0 Å². The molecule has 31 heavy (non-hydrogen) atoms. The maximum absolute atomic E-state index is 12.4. The van der Waals surface area contributed by atoms with E-state index in [2.05, 4.69) is 30.6 Å². The summed E-state index contributed by atoms with van der Waals surface area (Å²) < 4.78 is 1.75. The van der Waals surface area contributed by atoms with E-state index in [0.29, 0.717) is 11.4 Å². The molecule has 9 heteroatoms. The summed E-state index contributed by atoms with van der Waals surface area (Å²) in [5.41, 5.74) is 3.88. The van der Waals surface area contributed by atoms with Gasteiger partial charge in [-0.1, -0.05) is 0 Å². The molecule has 4 aromatic heterocycles. The number of aromatic nitrogens is 5. The first kappa shape index (κ1) is 20.4. The lowest BCUT2D eigenvalue weighted by Gasteiger charge is -2.15. The summed E-state index contributed by atoms with van der Waals surface area (Å²) in [6.45, 7) is 1.67. The first-order valence-corrected chi connectivity index (χ1v) is 9.89.